The molecule has 16 heteroatoms. The quantitative estimate of drug-likeness (QED) is 0.360. The van der Waals surface area contributed by atoms with E-state index in [1.807, 2.05) is 0 Å². The summed E-state index contributed by atoms with van der Waals surface area (Å²) in [5, 5.41) is 0. The Morgan fingerprint density at radius 3 is 1.74 bits per heavy atom. The minimum atomic E-state index is -5.64. The summed E-state index contributed by atoms with van der Waals surface area (Å²) >= 11 is 0. The van der Waals surface area contributed by atoms with E-state index in [1.54, 1.807) is 0 Å². The molecular formula is C22H18F10O4S2. The van der Waals surface area contributed by atoms with Gasteiger partial charge in [-0.25, -0.2) is 21.2 Å². The Kier molecular flexibility index (Phi) is 7.69. The number of hydrogen-bond donors (Lipinski definition) is 0. The average molecular weight is 600 g/mol. The molecule has 0 bridgehead atoms. The molecule has 3 rings (SSSR count). The van der Waals surface area contributed by atoms with E-state index in [4.69, 9.17) is 0 Å². The molecule has 1 fully saturated rings. The van der Waals surface area contributed by atoms with Crippen molar-refractivity contribution in [3.05, 3.63) is 65.0 Å². The van der Waals surface area contributed by atoms with Gasteiger partial charge in [0.15, 0.2) is 9.84 Å². The third-order valence-electron chi connectivity index (χ3n) is 6.50. The SMILES string of the molecule is O=S(=O)(CC1CCC(c2cc(F)ccc2C(F)(F)F)(S(=O)(=O)c2ccc(C(F)(F)F)cc2)CC1)C(F)(F)F. The highest BCUT2D eigenvalue weighted by Crippen LogP contribution is 2.52. The van der Waals surface area contributed by atoms with Gasteiger partial charge >= 0.3 is 17.9 Å². The van der Waals surface area contributed by atoms with Crippen LogP contribution in [0.4, 0.5) is 43.9 Å². The summed E-state index contributed by atoms with van der Waals surface area (Å²) in [5.74, 6) is -4.00. The molecule has 0 N–H and O–H groups in total. The summed E-state index contributed by atoms with van der Waals surface area (Å²) in [5.41, 5.74) is -9.49. The lowest BCUT2D eigenvalue weighted by atomic mass is 9.77. The van der Waals surface area contributed by atoms with Gasteiger partial charge in [0.1, 0.15) is 10.6 Å². The Labute approximate surface area is 210 Å². The van der Waals surface area contributed by atoms with Gasteiger partial charge in [-0.15, -0.1) is 0 Å². The van der Waals surface area contributed by atoms with E-state index >= 15 is 0 Å². The normalized spacial score (nSPS) is 21.9. The van der Waals surface area contributed by atoms with Crippen molar-refractivity contribution < 1.29 is 60.7 Å². The predicted molar refractivity (Wildman–Crippen MR) is 114 cm³/mol. The Balaban J connectivity index is 2.16. The first kappa shape index (κ1) is 30.2. The van der Waals surface area contributed by atoms with Gasteiger partial charge < -0.3 is 0 Å². The van der Waals surface area contributed by atoms with Crippen LogP contribution in [0.3, 0.4) is 0 Å². The van der Waals surface area contributed by atoms with Gasteiger partial charge in [-0.1, -0.05) is 0 Å². The average Bonchev–Trinajstić information content (AvgIpc) is 2.77. The van der Waals surface area contributed by atoms with Gasteiger partial charge in [0.2, 0.25) is 9.84 Å². The number of rotatable bonds is 5. The van der Waals surface area contributed by atoms with Crippen LogP contribution in [0.1, 0.15) is 42.4 Å². The molecule has 0 aliphatic heterocycles. The highest BCUT2D eigenvalue weighted by atomic mass is 32.2. The maximum absolute atomic E-state index is 14.2. The van der Waals surface area contributed by atoms with Crippen molar-refractivity contribution in [1.82, 2.24) is 0 Å². The smallest absolute Gasteiger partial charge is 0.223 e. The number of alkyl halides is 9. The third kappa shape index (κ3) is 5.65. The molecule has 0 amide bonds. The van der Waals surface area contributed by atoms with Crippen LogP contribution in [0.25, 0.3) is 0 Å². The molecule has 0 atom stereocenters. The van der Waals surface area contributed by atoms with Gasteiger partial charge in [-0.05, 0) is 79.6 Å². The molecule has 1 aliphatic carbocycles. The Hall–Kier alpha value is -2.36. The van der Waals surface area contributed by atoms with Crippen LogP contribution in [-0.4, -0.2) is 28.1 Å². The second-order valence-corrected chi connectivity index (χ2v) is 13.2. The van der Waals surface area contributed by atoms with E-state index in [-0.39, 0.29) is 6.07 Å². The van der Waals surface area contributed by atoms with Gasteiger partial charge in [-0.2, -0.15) is 39.5 Å². The molecule has 2 aromatic carbocycles. The molecule has 212 valence electrons. The molecule has 0 unspecified atom stereocenters. The van der Waals surface area contributed by atoms with Crippen LogP contribution >= 0.6 is 0 Å². The molecule has 0 aromatic heterocycles. The number of sulfone groups is 2. The molecule has 0 saturated heterocycles. The lowest BCUT2D eigenvalue weighted by molar-refractivity contribution is -0.139. The van der Waals surface area contributed by atoms with E-state index in [0.29, 0.717) is 36.4 Å². The lowest BCUT2D eigenvalue weighted by Crippen LogP contribution is -2.43. The fraction of sp³-hybridized carbons (Fsp3) is 0.455. The first-order valence-corrected chi connectivity index (χ1v) is 13.8. The molecule has 0 spiro atoms. The van der Waals surface area contributed by atoms with Crippen LogP contribution < -0.4 is 0 Å². The summed E-state index contributed by atoms with van der Waals surface area (Å²) in [6.07, 6.45) is -13.0. The molecular weight excluding hydrogens is 582 g/mol. The zero-order valence-electron chi connectivity index (χ0n) is 18.9. The minimum absolute atomic E-state index is 0.287. The summed E-state index contributed by atoms with van der Waals surface area (Å²) in [4.78, 5) is -0.829. The Morgan fingerprint density at radius 2 is 1.29 bits per heavy atom. The largest absolute Gasteiger partial charge is 0.497 e. The van der Waals surface area contributed by atoms with E-state index in [9.17, 15) is 60.7 Å². The fourth-order valence-corrected chi connectivity index (χ4v) is 7.91. The predicted octanol–water partition coefficient (Wildman–Crippen LogP) is 6.66. The lowest BCUT2D eigenvalue weighted by Gasteiger charge is -2.41. The van der Waals surface area contributed by atoms with Crippen molar-refractivity contribution in [2.75, 3.05) is 5.75 Å². The topological polar surface area (TPSA) is 68.3 Å². The first-order valence-electron chi connectivity index (χ1n) is 10.7. The fourth-order valence-electron chi connectivity index (χ4n) is 4.59. The van der Waals surface area contributed by atoms with Crippen LogP contribution in [0.15, 0.2) is 47.4 Å². The van der Waals surface area contributed by atoms with Gasteiger partial charge in [0.25, 0.3) is 0 Å². The second kappa shape index (κ2) is 9.68. The first-order chi connectivity index (χ1) is 17.1. The number of halogens is 10. The van der Waals surface area contributed by atoms with Crippen LogP contribution in [-0.2, 0) is 36.8 Å². The van der Waals surface area contributed by atoms with Crippen molar-refractivity contribution in [3.63, 3.8) is 0 Å². The van der Waals surface area contributed by atoms with Crippen LogP contribution in [0.2, 0.25) is 0 Å². The van der Waals surface area contributed by atoms with Crippen molar-refractivity contribution in [2.45, 2.75) is 53.2 Å². The maximum Gasteiger partial charge on any atom is 0.497 e. The monoisotopic (exact) mass is 600 g/mol. The highest BCUT2D eigenvalue weighted by molar-refractivity contribution is 7.92. The van der Waals surface area contributed by atoms with Gasteiger partial charge in [0.05, 0.1) is 21.8 Å². The van der Waals surface area contributed by atoms with E-state index in [2.05, 4.69) is 0 Å². The zero-order valence-corrected chi connectivity index (χ0v) is 20.5. The summed E-state index contributed by atoms with van der Waals surface area (Å²) in [6, 6.07) is 2.84. The Morgan fingerprint density at radius 1 is 0.763 bits per heavy atom. The molecule has 38 heavy (non-hydrogen) atoms. The zero-order chi connectivity index (χ0) is 28.9. The van der Waals surface area contributed by atoms with Crippen molar-refractivity contribution in [3.8, 4) is 0 Å². The minimum Gasteiger partial charge on any atom is -0.223 e. The number of hydrogen-bond acceptors (Lipinski definition) is 4. The summed E-state index contributed by atoms with van der Waals surface area (Å²) in [6.45, 7) is 0. The van der Waals surface area contributed by atoms with E-state index in [1.165, 1.54) is 0 Å². The standard InChI is InChI=1S/C22H18F10O4S2/c23-15-3-6-17(21(27,28)29)18(11-15)19(9-7-13(8-10-19)12-37(33,34)22(30,31)32)38(35,36)16-4-1-14(2-5-16)20(24,25)26/h1-6,11,13H,7-10,12H2. The van der Waals surface area contributed by atoms with E-state index < -0.39 is 107 Å². The van der Waals surface area contributed by atoms with Crippen LogP contribution in [0, 0.1) is 11.7 Å². The van der Waals surface area contributed by atoms with Crippen LogP contribution in [0.5, 0.6) is 0 Å². The van der Waals surface area contributed by atoms with Crippen molar-refractivity contribution >= 4 is 19.7 Å². The molecule has 4 nitrogen and oxygen atoms in total. The molecule has 0 heterocycles. The number of benzene rings is 2. The highest BCUT2D eigenvalue weighted by Gasteiger charge is 2.54. The third-order valence-corrected chi connectivity index (χ3v) is 10.7. The summed E-state index contributed by atoms with van der Waals surface area (Å²) < 4.78 is 181. The van der Waals surface area contributed by atoms with Gasteiger partial charge in [0, 0.05) is 0 Å². The van der Waals surface area contributed by atoms with Crippen molar-refractivity contribution in [2.24, 2.45) is 5.92 Å². The van der Waals surface area contributed by atoms with Gasteiger partial charge in [-0.3, -0.25) is 0 Å². The second-order valence-electron chi connectivity index (χ2n) is 8.88. The summed E-state index contributed by atoms with van der Waals surface area (Å²) in [7, 11) is -10.7. The molecule has 1 aliphatic rings. The molecule has 2 aromatic rings. The van der Waals surface area contributed by atoms with E-state index in [0.717, 1.165) is 0 Å². The maximum atomic E-state index is 14.2. The molecule has 1 saturated carbocycles. The Bertz CT molecular complexity index is 1380. The molecule has 0 radical (unpaired) electrons. The van der Waals surface area contributed by atoms with Crippen molar-refractivity contribution in [1.29, 1.82) is 0 Å².